The molecule has 2 aromatic carbocycles. The summed E-state index contributed by atoms with van der Waals surface area (Å²) in [4.78, 5) is 23.9. The zero-order valence-electron chi connectivity index (χ0n) is 14.4. The van der Waals surface area contributed by atoms with E-state index in [0.29, 0.717) is 12.8 Å². The van der Waals surface area contributed by atoms with Gasteiger partial charge in [0.15, 0.2) is 0 Å². The molecule has 3 rings (SSSR count). The van der Waals surface area contributed by atoms with Crippen molar-refractivity contribution in [2.24, 2.45) is 5.92 Å². The molecule has 0 unspecified atom stereocenters. The molecule has 2 N–H and O–H groups in total. The van der Waals surface area contributed by atoms with Crippen molar-refractivity contribution in [1.29, 1.82) is 0 Å². The number of benzene rings is 2. The highest BCUT2D eigenvalue weighted by Crippen LogP contribution is 2.37. The van der Waals surface area contributed by atoms with Gasteiger partial charge in [-0.2, -0.15) is 13.2 Å². The van der Waals surface area contributed by atoms with Gasteiger partial charge >= 0.3 is 6.18 Å². The van der Waals surface area contributed by atoms with E-state index in [1.165, 1.54) is 18.2 Å². The second kappa shape index (κ2) is 7.79. The highest BCUT2D eigenvalue weighted by Gasteiger charge is 2.35. The van der Waals surface area contributed by atoms with Crippen LogP contribution in [0.5, 0.6) is 0 Å². The average molecular weight is 415 g/mol. The van der Waals surface area contributed by atoms with E-state index in [1.807, 2.05) is 0 Å². The Balaban J connectivity index is 1.80. The van der Waals surface area contributed by atoms with Crippen molar-refractivity contribution in [2.75, 3.05) is 10.6 Å². The van der Waals surface area contributed by atoms with E-state index in [1.54, 1.807) is 0 Å². The molecule has 0 aromatic heterocycles. The lowest BCUT2D eigenvalue weighted by Gasteiger charge is -2.16. The van der Waals surface area contributed by atoms with E-state index in [-0.39, 0.29) is 28.1 Å². The Morgan fingerprint density at radius 3 is 2.43 bits per heavy atom. The van der Waals surface area contributed by atoms with Gasteiger partial charge in [-0.05, 0) is 43.2 Å². The number of carbonyl (C=O) groups is 2. The van der Waals surface area contributed by atoms with E-state index in [2.05, 4.69) is 10.6 Å². The Bertz CT molecular complexity index is 906. The zero-order valence-corrected chi connectivity index (χ0v) is 15.1. The normalized spacial score (nSPS) is 13.9. The zero-order chi connectivity index (χ0) is 20.5. The Morgan fingerprint density at radius 1 is 1.11 bits per heavy atom. The van der Waals surface area contributed by atoms with Crippen molar-refractivity contribution >= 4 is 34.8 Å². The van der Waals surface area contributed by atoms with Gasteiger partial charge in [0, 0.05) is 22.2 Å². The number of nitrogens with one attached hydrogen (secondary N) is 2. The first-order valence-corrected chi connectivity index (χ1v) is 8.78. The number of halogens is 5. The van der Waals surface area contributed by atoms with Gasteiger partial charge in [-0.1, -0.05) is 17.7 Å². The van der Waals surface area contributed by atoms with E-state index < -0.39 is 35.6 Å². The molecule has 0 atom stereocenters. The first kappa shape index (κ1) is 20.1. The largest absolute Gasteiger partial charge is 0.418 e. The summed E-state index contributed by atoms with van der Waals surface area (Å²) in [5.74, 6) is -2.08. The summed E-state index contributed by atoms with van der Waals surface area (Å²) in [6.07, 6.45) is -3.86. The molecule has 9 heteroatoms. The van der Waals surface area contributed by atoms with Crippen molar-refractivity contribution in [3.63, 3.8) is 0 Å². The van der Waals surface area contributed by atoms with Crippen LogP contribution in [0.2, 0.25) is 5.02 Å². The van der Waals surface area contributed by atoms with Gasteiger partial charge in [-0.15, -0.1) is 0 Å². The SMILES string of the molecule is O=C(Cc1c(F)cccc1Cl)Nc1ccc(NC(=O)C2CC2)cc1C(F)(F)F. The Labute approximate surface area is 162 Å². The summed E-state index contributed by atoms with van der Waals surface area (Å²) in [5, 5.41) is 4.58. The summed E-state index contributed by atoms with van der Waals surface area (Å²) in [6, 6.07) is 6.91. The number of amides is 2. The quantitative estimate of drug-likeness (QED) is 0.674. The maximum atomic E-state index is 13.8. The smallest absolute Gasteiger partial charge is 0.326 e. The van der Waals surface area contributed by atoms with Crippen molar-refractivity contribution in [2.45, 2.75) is 25.4 Å². The lowest BCUT2D eigenvalue weighted by molar-refractivity contribution is -0.137. The van der Waals surface area contributed by atoms with Gasteiger partial charge < -0.3 is 10.6 Å². The minimum Gasteiger partial charge on any atom is -0.326 e. The number of hydrogen-bond acceptors (Lipinski definition) is 2. The molecule has 0 spiro atoms. The fraction of sp³-hybridized carbons (Fsp3) is 0.263. The molecular formula is C19H15ClF4N2O2. The Hall–Kier alpha value is -2.61. The molecule has 1 fully saturated rings. The molecular weight excluding hydrogens is 400 g/mol. The molecule has 1 saturated carbocycles. The third-order valence-electron chi connectivity index (χ3n) is 4.21. The molecule has 1 aliphatic rings. The van der Waals surface area contributed by atoms with Crippen LogP contribution in [0.4, 0.5) is 28.9 Å². The van der Waals surface area contributed by atoms with Crippen molar-refractivity contribution in [1.82, 2.24) is 0 Å². The topological polar surface area (TPSA) is 58.2 Å². The maximum Gasteiger partial charge on any atom is 0.418 e. The molecule has 28 heavy (non-hydrogen) atoms. The number of rotatable bonds is 5. The van der Waals surface area contributed by atoms with Crippen LogP contribution in [0.15, 0.2) is 36.4 Å². The van der Waals surface area contributed by atoms with Gasteiger partial charge in [0.1, 0.15) is 5.82 Å². The van der Waals surface area contributed by atoms with E-state index in [0.717, 1.165) is 18.2 Å². The maximum absolute atomic E-state index is 13.8. The summed E-state index contributed by atoms with van der Waals surface area (Å²) < 4.78 is 54.0. The minimum atomic E-state index is -4.77. The van der Waals surface area contributed by atoms with Gasteiger partial charge in [0.05, 0.1) is 17.7 Å². The monoisotopic (exact) mass is 414 g/mol. The van der Waals surface area contributed by atoms with Gasteiger partial charge in [-0.25, -0.2) is 4.39 Å². The molecule has 0 heterocycles. The minimum absolute atomic E-state index is 0.00401. The van der Waals surface area contributed by atoms with Gasteiger partial charge in [0.25, 0.3) is 0 Å². The van der Waals surface area contributed by atoms with Crippen LogP contribution in [0.25, 0.3) is 0 Å². The third-order valence-corrected chi connectivity index (χ3v) is 4.57. The molecule has 148 valence electrons. The standard InChI is InChI=1S/C19H15ClF4N2O2/c20-14-2-1-3-15(21)12(14)9-17(27)26-16-7-6-11(8-13(16)19(22,23)24)25-18(28)10-4-5-10/h1-3,6-8,10H,4-5,9H2,(H,25,28)(H,26,27). The van der Waals surface area contributed by atoms with Crippen LogP contribution in [-0.2, 0) is 22.2 Å². The molecule has 0 bridgehead atoms. The lowest BCUT2D eigenvalue weighted by Crippen LogP contribution is -2.20. The molecule has 2 amide bonds. The molecule has 0 radical (unpaired) electrons. The third kappa shape index (κ3) is 4.81. The van der Waals surface area contributed by atoms with E-state index in [9.17, 15) is 27.2 Å². The number of alkyl halides is 3. The summed E-state index contributed by atoms with van der Waals surface area (Å²) >= 11 is 5.84. The predicted octanol–water partition coefficient (Wildman–Crippen LogP) is 5.03. The Kier molecular flexibility index (Phi) is 5.60. The van der Waals surface area contributed by atoms with Crippen LogP contribution in [0.1, 0.15) is 24.0 Å². The second-order valence-electron chi connectivity index (χ2n) is 6.45. The summed E-state index contributed by atoms with van der Waals surface area (Å²) in [6.45, 7) is 0. The van der Waals surface area contributed by atoms with Gasteiger partial charge in [-0.3, -0.25) is 9.59 Å². The first-order valence-electron chi connectivity index (χ1n) is 8.40. The van der Waals surface area contributed by atoms with E-state index >= 15 is 0 Å². The number of carbonyl (C=O) groups excluding carboxylic acids is 2. The molecule has 4 nitrogen and oxygen atoms in total. The first-order chi connectivity index (χ1) is 13.1. The number of hydrogen-bond donors (Lipinski definition) is 2. The van der Waals surface area contributed by atoms with Crippen LogP contribution in [-0.4, -0.2) is 11.8 Å². The van der Waals surface area contributed by atoms with Crippen LogP contribution in [0.3, 0.4) is 0 Å². The van der Waals surface area contributed by atoms with Crippen LogP contribution in [0, 0.1) is 11.7 Å². The summed E-state index contributed by atoms with van der Waals surface area (Å²) in [5.41, 5.74) is -1.73. The highest BCUT2D eigenvalue weighted by molar-refractivity contribution is 6.31. The van der Waals surface area contributed by atoms with Crippen LogP contribution < -0.4 is 10.6 Å². The predicted molar refractivity (Wildman–Crippen MR) is 96.5 cm³/mol. The second-order valence-corrected chi connectivity index (χ2v) is 6.85. The van der Waals surface area contributed by atoms with Gasteiger partial charge in [0.2, 0.25) is 11.8 Å². The van der Waals surface area contributed by atoms with Crippen molar-refractivity contribution in [3.05, 3.63) is 58.4 Å². The van der Waals surface area contributed by atoms with Crippen molar-refractivity contribution in [3.8, 4) is 0 Å². The van der Waals surface area contributed by atoms with Crippen LogP contribution >= 0.6 is 11.6 Å². The Morgan fingerprint density at radius 2 is 1.82 bits per heavy atom. The van der Waals surface area contributed by atoms with E-state index in [4.69, 9.17) is 11.6 Å². The lowest BCUT2D eigenvalue weighted by atomic mass is 10.1. The average Bonchev–Trinajstić information content (AvgIpc) is 3.44. The highest BCUT2D eigenvalue weighted by atomic mass is 35.5. The molecule has 0 saturated heterocycles. The fourth-order valence-corrected chi connectivity index (χ4v) is 2.84. The molecule has 2 aromatic rings. The molecule has 1 aliphatic carbocycles. The van der Waals surface area contributed by atoms with Crippen molar-refractivity contribution < 1.29 is 27.2 Å². The molecule has 0 aliphatic heterocycles. The summed E-state index contributed by atoms with van der Waals surface area (Å²) in [7, 11) is 0. The fourth-order valence-electron chi connectivity index (χ4n) is 2.61. The number of anilines is 2.